The van der Waals surface area contributed by atoms with Gasteiger partial charge in [0.15, 0.2) is 23.3 Å². The Morgan fingerprint density at radius 1 is 1.32 bits per heavy atom. The minimum atomic E-state index is -0.334. The Morgan fingerprint density at radius 3 is 2.96 bits per heavy atom. The second-order valence-electron chi connectivity index (χ2n) is 5.68. The van der Waals surface area contributed by atoms with Crippen LogP contribution in [0.2, 0.25) is 0 Å². The van der Waals surface area contributed by atoms with Gasteiger partial charge < -0.3 is 14.8 Å². The number of carbonyl (C=O) groups is 1. The molecule has 1 N–H and O–H groups in total. The number of nitrogens with one attached hydrogen (secondary N) is 1. The summed E-state index contributed by atoms with van der Waals surface area (Å²) in [6.07, 6.45) is 4.70. The van der Waals surface area contributed by atoms with Gasteiger partial charge in [-0.25, -0.2) is 0 Å². The first-order valence-corrected chi connectivity index (χ1v) is 7.76. The SMILES string of the molecule is Cn1cc(C(=O)Nc2cnn(C[C@H]3COc4ccccc4O3)c2)nn1. The summed E-state index contributed by atoms with van der Waals surface area (Å²) in [4.78, 5) is 12.1. The molecule has 1 atom stereocenters. The molecule has 9 heteroatoms. The minimum Gasteiger partial charge on any atom is -0.486 e. The summed E-state index contributed by atoms with van der Waals surface area (Å²) in [5.74, 6) is 1.14. The smallest absolute Gasteiger partial charge is 0.277 e. The maximum Gasteiger partial charge on any atom is 0.277 e. The van der Waals surface area contributed by atoms with E-state index in [1.165, 1.54) is 4.68 Å². The number of anilines is 1. The van der Waals surface area contributed by atoms with E-state index in [0.717, 1.165) is 11.5 Å². The van der Waals surface area contributed by atoms with Crippen LogP contribution in [0.15, 0.2) is 42.9 Å². The van der Waals surface area contributed by atoms with E-state index in [0.29, 0.717) is 18.8 Å². The van der Waals surface area contributed by atoms with Crippen molar-refractivity contribution in [3.63, 3.8) is 0 Å². The van der Waals surface area contributed by atoms with Crippen LogP contribution in [0.3, 0.4) is 0 Å². The fourth-order valence-electron chi connectivity index (χ4n) is 2.54. The molecule has 1 aliphatic heterocycles. The van der Waals surface area contributed by atoms with E-state index in [4.69, 9.17) is 9.47 Å². The highest BCUT2D eigenvalue weighted by Crippen LogP contribution is 2.31. The van der Waals surface area contributed by atoms with Crippen LogP contribution in [-0.2, 0) is 13.6 Å². The van der Waals surface area contributed by atoms with Gasteiger partial charge in [0.25, 0.3) is 5.91 Å². The number of ether oxygens (including phenoxy) is 2. The summed E-state index contributed by atoms with van der Waals surface area (Å²) in [6, 6.07) is 7.55. The molecule has 1 aromatic carbocycles. The highest BCUT2D eigenvalue weighted by Gasteiger charge is 2.21. The third-order valence-corrected chi connectivity index (χ3v) is 3.68. The van der Waals surface area contributed by atoms with Crippen LogP contribution >= 0.6 is 0 Å². The molecule has 0 saturated carbocycles. The van der Waals surface area contributed by atoms with Gasteiger partial charge in [-0.3, -0.25) is 14.2 Å². The molecule has 3 heterocycles. The number of aryl methyl sites for hydroxylation is 1. The summed E-state index contributed by atoms with van der Waals surface area (Å²) in [7, 11) is 1.70. The summed E-state index contributed by atoms with van der Waals surface area (Å²) in [6.45, 7) is 0.952. The van der Waals surface area contributed by atoms with Crippen molar-refractivity contribution in [3.8, 4) is 11.5 Å². The van der Waals surface area contributed by atoms with Gasteiger partial charge in [0.1, 0.15) is 6.61 Å². The normalized spacial score (nSPS) is 15.8. The van der Waals surface area contributed by atoms with Crippen molar-refractivity contribution in [3.05, 3.63) is 48.5 Å². The predicted octanol–water partition coefficient (Wildman–Crippen LogP) is 1.10. The van der Waals surface area contributed by atoms with E-state index in [1.54, 1.807) is 30.3 Å². The first kappa shape index (κ1) is 15.2. The topological polar surface area (TPSA) is 96.1 Å². The minimum absolute atomic E-state index is 0.154. The van der Waals surface area contributed by atoms with E-state index in [1.807, 2.05) is 24.3 Å². The van der Waals surface area contributed by atoms with Gasteiger partial charge in [0.2, 0.25) is 0 Å². The van der Waals surface area contributed by atoms with Crippen LogP contribution < -0.4 is 14.8 Å². The molecule has 2 aromatic heterocycles. The maximum atomic E-state index is 12.1. The number of aromatic nitrogens is 5. The Bertz CT molecular complexity index is 903. The van der Waals surface area contributed by atoms with Crippen LogP contribution in [0.25, 0.3) is 0 Å². The monoisotopic (exact) mass is 340 g/mol. The quantitative estimate of drug-likeness (QED) is 0.764. The van der Waals surface area contributed by atoms with Gasteiger partial charge in [-0.05, 0) is 12.1 Å². The fourth-order valence-corrected chi connectivity index (χ4v) is 2.54. The fraction of sp³-hybridized carbons (Fsp3) is 0.250. The zero-order chi connectivity index (χ0) is 17.2. The van der Waals surface area contributed by atoms with Gasteiger partial charge >= 0.3 is 0 Å². The number of rotatable bonds is 4. The number of fused-ring (bicyclic) bond motifs is 1. The molecule has 0 radical (unpaired) electrons. The molecule has 0 aliphatic carbocycles. The number of benzene rings is 1. The van der Waals surface area contributed by atoms with Crippen LogP contribution in [0.4, 0.5) is 5.69 Å². The number of para-hydroxylation sites is 2. The van der Waals surface area contributed by atoms with E-state index in [2.05, 4.69) is 20.7 Å². The largest absolute Gasteiger partial charge is 0.486 e. The molecule has 0 saturated heterocycles. The third kappa shape index (κ3) is 3.30. The predicted molar refractivity (Wildman–Crippen MR) is 87.5 cm³/mol. The Hall–Kier alpha value is -3.36. The van der Waals surface area contributed by atoms with Gasteiger partial charge in [-0.1, -0.05) is 17.3 Å². The lowest BCUT2D eigenvalue weighted by molar-refractivity contribution is 0.0759. The van der Waals surface area contributed by atoms with E-state index >= 15 is 0 Å². The molecular formula is C16H16N6O3. The summed E-state index contributed by atoms with van der Waals surface area (Å²) >= 11 is 0. The summed E-state index contributed by atoms with van der Waals surface area (Å²) < 4.78 is 14.8. The summed E-state index contributed by atoms with van der Waals surface area (Å²) in [5, 5.41) is 14.5. The standard InChI is InChI=1S/C16H16N6O3/c1-21-9-13(19-20-21)16(23)18-11-6-17-22(7-11)8-12-10-24-14-4-2-3-5-15(14)25-12/h2-7,9,12H,8,10H2,1H3,(H,18,23)/t12-/m0/s1. The molecule has 1 aliphatic rings. The first-order chi connectivity index (χ1) is 12.2. The van der Waals surface area contributed by atoms with Crippen molar-refractivity contribution >= 4 is 11.6 Å². The molecule has 128 valence electrons. The number of nitrogens with zero attached hydrogens (tertiary/aromatic N) is 5. The Morgan fingerprint density at radius 2 is 2.16 bits per heavy atom. The van der Waals surface area contributed by atoms with E-state index < -0.39 is 0 Å². The number of carbonyl (C=O) groups excluding carboxylic acids is 1. The van der Waals surface area contributed by atoms with Crippen molar-refractivity contribution in [2.24, 2.45) is 7.05 Å². The van der Waals surface area contributed by atoms with Crippen molar-refractivity contribution in [2.45, 2.75) is 12.6 Å². The third-order valence-electron chi connectivity index (χ3n) is 3.68. The second kappa shape index (κ2) is 6.27. The second-order valence-corrected chi connectivity index (χ2v) is 5.68. The lowest BCUT2D eigenvalue weighted by atomic mass is 10.2. The van der Waals surface area contributed by atoms with Gasteiger partial charge in [-0.15, -0.1) is 5.10 Å². The van der Waals surface area contributed by atoms with Crippen LogP contribution in [0.5, 0.6) is 11.5 Å². The van der Waals surface area contributed by atoms with Gasteiger partial charge in [0.05, 0.1) is 24.6 Å². The van der Waals surface area contributed by atoms with Gasteiger partial charge in [-0.2, -0.15) is 5.10 Å². The van der Waals surface area contributed by atoms with Gasteiger partial charge in [0, 0.05) is 13.2 Å². The van der Waals surface area contributed by atoms with Crippen molar-refractivity contribution in [2.75, 3.05) is 11.9 Å². The van der Waals surface area contributed by atoms with Crippen molar-refractivity contribution in [1.29, 1.82) is 0 Å². The average Bonchev–Trinajstić information content (AvgIpc) is 3.24. The van der Waals surface area contributed by atoms with Crippen molar-refractivity contribution in [1.82, 2.24) is 24.8 Å². The number of hydrogen-bond donors (Lipinski definition) is 1. The van der Waals surface area contributed by atoms with Crippen molar-refractivity contribution < 1.29 is 14.3 Å². The lowest BCUT2D eigenvalue weighted by Crippen LogP contribution is -2.33. The van der Waals surface area contributed by atoms with E-state index in [9.17, 15) is 4.79 Å². The molecule has 3 aromatic rings. The lowest BCUT2D eigenvalue weighted by Gasteiger charge is -2.26. The average molecular weight is 340 g/mol. The Kier molecular flexibility index (Phi) is 3.81. The van der Waals surface area contributed by atoms with Crippen LogP contribution in [0.1, 0.15) is 10.5 Å². The molecule has 0 unspecified atom stereocenters. The first-order valence-electron chi connectivity index (χ1n) is 7.76. The van der Waals surface area contributed by atoms with Crippen LogP contribution in [0, 0.1) is 0 Å². The highest BCUT2D eigenvalue weighted by molar-refractivity contribution is 6.02. The van der Waals surface area contributed by atoms with Crippen LogP contribution in [-0.4, -0.2) is 43.4 Å². The maximum absolute atomic E-state index is 12.1. The molecule has 1 amide bonds. The molecule has 0 spiro atoms. The number of hydrogen-bond acceptors (Lipinski definition) is 6. The molecular weight excluding hydrogens is 324 g/mol. The van der Waals surface area contributed by atoms with E-state index in [-0.39, 0.29) is 17.7 Å². The Balaban J connectivity index is 1.38. The summed E-state index contributed by atoms with van der Waals surface area (Å²) in [5.41, 5.74) is 0.823. The molecule has 4 rings (SSSR count). The Labute approximate surface area is 143 Å². The molecule has 0 fully saturated rings. The molecule has 9 nitrogen and oxygen atoms in total. The molecule has 25 heavy (non-hydrogen) atoms. The number of amides is 1. The zero-order valence-electron chi connectivity index (χ0n) is 13.5. The zero-order valence-corrected chi connectivity index (χ0v) is 13.5. The molecule has 0 bridgehead atoms. The highest BCUT2D eigenvalue weighted by atomic mass is 16.6.